The van der Waals surface area contributed by atoms with Gasteiger partial charge in [-0.25, -0.2) is 4.98 Å². The molecular formula is C18H33N3. The molecule has 0 radical (unpaired) electrons. The molecule has 1 aromatic rings. The van der Waals surface area contributed by atoms with Gasteiger partial charge in [0.15, 0.2) is 0 Å². The van der Waals surface area contributed by atoms with Crippen LogP contribution in [0, 0.1) is 23.7 Å². The van der Waals surface area contributed by atoms with Crippen molar-refractivity contribution in [3.63, 3.8) is 0 Å². The van der Waals surface area contributed by atoms with E-state index in [1.54, 1.807) is 0 Å². The summed E-state index contributed by atoms with van der Waals surface area (Å²) in [5.74, 6) is 1.69. The third kappa shape index (κ3) is 4.49. The van der Waals surface area contributed by atoms with Gasteiger partial charge in [-0.15, -0.1) is 0 Å². The van der Waals surface area contributed by atoms with Gasteiger partial charge in [-0.2, -0.15) is 0 Å². The highest BCUT2D eigenvalue weighted by Gasteiger charge is 2.38. The molecule has 0 spiro atoms. The number of rotatable bonds is 4. The van der Waals surface area contributed by atoms with E-state index in [1.807, 2.05) is 0 Å². The van der Waals surface area contributed by atoms with E-state index >= 15 is 0 Å². The van der Waals surface area contributed by atoms with E-state index in [9.17, 15) is 0 Å². The lowest BCUT2D eigenvalue weighted by Gasteiger charge is -2.45. The Kier molecular flexibility index (Phi) is 4.41. The fourth-order valence-corrected chi connectivity index (χ4v) is 4.33. The number of hydrogen-bond donors (Lipinski definition) is 1. The molecule has 2 rings (SSSR count). The summed E-state index contributed by atoms with van der Waals surface area (Å²) < 4.78 is 2.29. The van der Waals surface area contributed by atoms with Crippen LogP contribution in [0.1, 0.15) is 66.5 Å². The molecule has 0 aromatic carbocycles. The summed E-state index contributed by atoms with van der Waals surface area (Å²) in [5.41, 5.74) is 1.92. The number of aromatic nitrogens is 2. The van der Waals surface area contributed by atoms with Crippen LogP contribution in [0.3, 0.4) is 0 Å². The molecule has 0 amide bonds. The second-order valence-electron chi connectivity index (χ2n) is 9.01. The normalized spacial score (nSPS) is 21.7. The van der Waals surface area contributed by atoms with Crippen LogP contribution >= 0.6 is 0 Å². The molecule has 1 heterocycles. The second kappa shape index (κ2) is 5.66. The molecule has 0 unspecified atom stereocenters. The topological polar surface area (TPSA) is 29.9 Å². The summed E-state index contributed by atoms with van der Waals surface area (Å²) >= 11 is 0. The van der Waals surface area contributed by atoms with Crippen LogP contribution in [0.4, 0.5) is 5.95 Å². The Bertz CT molecular complexity index is 467. The molecule has 0 bridgehead atoms. The van der Waals surface area contributed by atoms with Crippen molar-refractivity contribution in [1.82, 2.24) is 9.55 Å². The molecule has 0 aliphatic heterocycles. The molecule has 3 nitrogen and oxygen atoms in total. The Hall–Kier alpha value is -0.990. The zero-order valence-electron chi connectivity index (χ0n) is 15.0. The molecule has 21 heavy (non-hydrogen) atoms. The molecule has 0 atom stereocenters. The average molecular weight is 291 g/mol. The van der Waals surface area contributed by atoms with Gasteiger partial charge in [0.2, 0.25) is 5.95 Å². The molecule has 1 aliphatic carbocycles. The quantitative estimate of drug-likeness (QED) is 0.858. The van der Waals surface area contributed by atoms with Crippen LogP contribution in [0.15, 0.2) is 6.20 Å². The second-order valence-corrected chi connectivity index (χ2v) is 9.01. The Balaban J connectivity index is 2.14. The molecular weight excluding hydrogens is 258 g/mol. The monoisotopic (exact) mass is 291 g/mol. The first-order chi connectivity index (χ1) is 9.56. The molecule has 3 heteroatoms. The third-order valence-corrected chi connectivity index (χ3v) is 4.35. The molecule has 1 saturated carbocycles. The van der Waals surface area contributed by atoms with Gasteiger partial charge in [-0.05, 0) is 42.9 Å². The Morgan fingerprint density at radius 1 is 1.24 bits per heavy atom. The first-order valence-corrected chi connectivity index (χ1v) is 8.37. The van der Waals surface area contributed by atoms with Crippen LogP contribution in [0.25, 0.3) is 0 Å². The molecule has 0 saturated heterocycles. The van der Waals surface area contributed by atoms with E-state index in [1.165, 1.54) is 19.3 Å². The maximum absolute atomic E-state index is 4.71. The Labute approximate surface area is 130 Å². The lowest BCUT2D eigenvalue weighted by Crippen LogP contribution is -2.40. The van der Waals surface area contributed by atoms with Crippen molar-refractivity contribution >= 4 is 5.95 Å². The van der Waals surface area contributed by atoms with Crippen molar-refractivity contribution in [3.05, 3.63) is 11.9 Å². The van der Waals surface area contributed by atoms with Crippen LogP contribution < -0.4 is 5.32 Å². The van der Waals surface area contributed by atoms with E-state index in [0.29, 0.717) is 22.8 Å². The summed E-state index contributed by atoms with van der Waals surface area (Å²) in [7, 11) is 0. The summed E-state index contributed by atoms with van der Waals surface area (Å²) in [5, 5.41) is 3.74. The Morgan fingerprint density at radius 2 is 1.81 bits per heavy atom. The van der Waals surface area contributed by atoms with Gasteiger partial charge in [0.25, 0.3) is 0 Å². The minimum atomic E-state index is 0.407. The van der Waals surface area contributed by atoms with Gasteiger partial charge in [0.1, 0.15) is 0 Å². The standard InChI is InChI=1S/C18H33N3/c1-13(2)10-21-11-14(3)19-16(21)20-15-8-17(4,5)12-18(6,7)9-15/h11,13,15H,8-10,12H2,1-7H3,(H,19,20). The van der Waals surface area contributed by atoms with Crippen molar-refractivity contribution in [2.24, 2.45) is 16.7 Å². The fourth-order valence-electron chi connectivity index (χ4n) is 4.33. The first kappa shape index (κ1) is 16.4. The molecule has 1 N–H and O–H groups in total. The number of aryl methyl sites for hydroxylation is 1. The van der Waals surface area contributed by atoms with Gasteiger partial charge in [0, 0.05) is 18.8 Å². The van der Waals surface area contributed by atoms with Crippen LogP contribution in [-0.2, 0) is 6.54 Å². The largest absolute Gasteiger partial charge is 0.353 e. The molecule has 1 aromatic heterocycles. The Morgan fingerprint density at radius 3 is 2.33 bits per heavy atom. The van der Waals surface area contributed by atoms with E-state index < -0.39 is 0 Å². The minimum absolute atomic E-state index is 0.407. The minimum Gasteiger partial charge on any atom is -0.353 e. The van der Waals surface area contributed by atoms with E-state index in [-0.39, 0.29) is 0 Å². The van der Waals surface area contributed by atoms with E-state index in [2.05, 4.69) is 64.5 Å². The third-order valence-electron chi connectivity index (χ3n) is 4.35. The maximum atomic E-state index is 4.71. The van der Waals surface area contributed by atoms with Crippen LogP contribution in [-0.4, -0.2) is 15.6 Å². The number of hydrogen-bond acceptors (Lipinski definition) is 2. The molecule has 1 fully saturated rings. The summed E-state index contributed by atoms with van der Waals surface area (Å²) in [6, 6.07) is 0.525. The average Bonchev–Trinajstić information content (AvgIpc) is 2.52. The SMILES string of the molecule is Cc1cn(CC(C)C)c(NC2CC(C)(C)CC(C)(C)C2)n1. The van der Waals surface area contributed by atoms with Crippen LogP contribution in [0.2, 0.25) is 0 Å². The van der Waals surface area contributed by atoms with Crippen LogP contribution in [0.5, 0.6) is 0 Å². The predicted octanol–water partition coefficient (Wildman–Crippen LogP) is 4.86. The highest BCUT2D eigenvalue weighted by Crippen LogP contribution is 2.46. The van der Waals surface area contributed by atoms with Crippen molar-refractivity contribution in [3.8, 4) is 0 Å². The predicted molar refractivity (Wildman–Crippen MR) is 90.6 cm³/mol. The van der Waals surface area contributed by atoms with Gasteiger partial charge in [0.05, 0.1) is 5.69 Å². The fraction of sp³-hybridized carbons (Fsp3) is 0.833. The first-order valence-electron chi connectivity index (χ1n) is 8.37. The maximum Gasteiger partial charge on any atom is 0.203 e. The lowest BCUT2D eigenvalue weighted by molar-refractivity contribution is 0.105. The number of nitrogens with zero attached hydrogens (tertiary/aromatic N) is 2. The number of nitrogens with one attached hydrogen (secondary N) is 1. The molecule has 120 valence electrons. The number of anilines is 1. The van der Waals surface area contributed by atoms with Crippen molar-refractivity contribution in [2.75, 3.05) is 5.32 Å². The van der Waals surface area contributed by atoms with Crippen molar-refractivity contribution < 1.29 is 0 Å². The number of imidazole rings is 1. The zero-order chi connectivity index (χ0) is 15.8. The summed E-state index contributed by atoms with van der Waals surface area (Å²) in [4.78, 5) is 4.71. The van der Waals surface area contributed by atoms with E-state index in [0.717, 1.165) is 18.2 Å². The lowest BCUT2D eigenvalue weighted by atomic mass is 9.63. The smallest absolute Gasteiger partial charge is 0.203 e. The highest BCUT2D eigenvalue weighted by atomic mass is 15.2. The van der Waals surface area contributed by atoms with Gasteiger partial charge < -0.3 is 9.88 Å². The summed E-state index contributed by atoms with van der Waals surface area (Å²) in [6.45, 7) is 17.2. The van der Waals surface area contributed by atoms with Gasteiger partial charge in [-0.3, -0.25) is 0 Å². The highest BCUT2D eigenvalue weighted by molar-refractivity contribution is 5.31. The summed E-state index contributed by atoms with van der Waals surface area (Å²) in [6.07, 6.45) is 5.92. The molecule has 1 aliphatic rings. The van der Waals surface area contributed by atoms with Gasteiger partial charge >= 0.3 is 0 Å². The van der Waals surface area contributed by atoms with Gasteiger partial charge in [-0.1, -0.05) is 41.5 Å². The van der Waals surface area contributed by atoms with Crippen molar-refractivity contribution in [1.29, 1.82) is 0 Å². The zero-order valence-corrected chi connectivity index (χ0v) is 15.0. The van der Waals surface area contributed by atoms with Crippen molar-refractivity contribution in [2.45, 2.75) is 80.3 Å². The van der Waals surface area contributed by atoms with E-state index in [4.69, 9.17) is 4.98 Å².